The Hall–Kier alpha value is -1.14. The molecule has 0 bridgehead atoms. The van der Waals surface area contributed by atoms with Crippen LogP contribution < -0.4 is 5.32 Å². The Morgan fingerprint density at radius 3 is 2.62 bits per heavy atom. The van der Waals surface area contributed by atoms with Crippen molar-refractivity contribution in [3.8, 4) is 0 Å². The molecule has 3 nitrogen and oxygen atoms in total. The fraction of sp³-hybridized carbons (Fsp3) is 0.667. The van der Waals surface area contributed by atoms with Crippen molar-refractivity contribution in [2.75, 3.05) is 19.8 Å². The highest BCUT2D eigenvalue weighted by molar-refractivity contribution is 5.27. The monoisotopic (exact) mass is 304 g/mol. The van der Waals surface area contributed by atoms with Crippen LogP contribution in [0.1, 0.15) is 43.1 Å². The van der Waals surface area contributed by atoms with Crippen molar-refractivity contribution >= 4 is 0 Å². The van der Waals surface area contributed by atoms with Gasteiger partial charge in [-0.1, -0.05) is 19.9 Å². The Kier molecular flexibility index (Phi) is 7.11. The van der Waals surface area contributed by atoms with Crippen molar-refractivity contribution < 1.29 is 17.9 Å². The van der Waals surface area contributed by atoms with E-state index in [4.69, 9.17) is 4.74 Å². The average molecular weight is 304 g/mol. The Bertz CT molecular complexity index is 429. The third-order valence-electron chi connectivity index (χ3n) is 3.14. The molecule has 0 spiro atoms. The van der Waals surface area contributed by atoms with Crippen molar-refractivity contribution in [2.24, 2.45) is 0 Å². The van der Waals surface area contributed by atoms with Crippen molar-refractivity contribution in [1.29, 1.82) is 0 Å². The Balaban J connectivity index is 0.00000106. The normalized spacial score (nSPS) is 18.3. The SMILES string of the molecule is CC.Cc1ccc(C2CCOC2)c(CNCC(F)(F)F)n1. The summed E-state index contributed by atoms with van der Waals surface area (Å²) < 4.78 is 41.7. The molecule has 1 unspecified atom stereocenters. The van der Waals surface area contributed by atoms with Crippen molar-refractivity contribution in [3.63, 3.8) is 0 Å². The predicted octanol–water partition coefficient (Wildman–Crippen LogP) is 3.57. The molecule has 1 N–H and O–H groups in total. The number of alkyl halides is 3. The Morgan fingerprint density at radius 2 is 2.05 bits per heavy atom. The van der Waals surface area contributed by atoms with E-state index in [2.05, 4.69) is 10.3 Å². The van der Waals surface area contributed by atoms with Crippen LogP contribution >= 0.6 is 0 Å². The summed E-state index contributed by atoms with van der Waals surface area (Å²) in [5, 5.41) is 2.40. The average Bonchev–Trinajstić information content (AvgIpc) is 2.93. The van der Waals surface area contributed by atoms with Crippen molar-refractivity contribution in [1.82, 2.24) is 10.3 Å². The highest BCUT2D eigenvalue weighted by Gasteiger charge is 2.27. The second kappa shape index (κ2) is 8.34. The number of nitrogens with one attached hydrogen (secondary N) is 1. The third-order valence-corrected chi connectivity index (χ3v) is 3.14. The van der Waals surface area contributed by atoms with E-state index in [-0.39, 0.29) is 12.5 Å². The zero-order valence-electron chi connectivity index (χ0n) is 12.8. The molecule has 6 heteroatoms. The molecule has 1 fully saturated rings. The molecule has 1 aromatic heterocycles. The minimum Gasteiger partial charge on any atom is -0.381 e. The van der Waals surface area contributed by atoms with E-state index < -0.39 is 12.7 Å². The molecule has 0 radical (unpaired) electrons. The lowest BCUT2D eigenvalue weighted by molar-refractivity contribution is -0.125. The predicted molar refractivity (Wildman–Crippen MR) is 76.3 cm³/mol. The highest BCUT2D eigenvalue weighted by Crippen LogP contribution is 2.27. The van der Waals surface area contributed by atoms with Crippen molar-refractivity contribution in [3.05, 3.63) is 29.1 Å². The first kappa shape index (κ1) is 17.9. The summed E-state index contributed by atoms with van der Waals surface area (Å²) in [6.45, 7) is 6.30. The van der Waals surface area contributed by atoms with Crippen LogP contribution in [0.4, 0.5) is 13.2 Å². The van der Waals surface area contributed by atoms with Gasteiger partial charge >= 0.3 is 6.18 Å². The number of aromatic nitrogens is 1. The van der Waals surface area contributed by atoms with E-state index in [0.29, 0.717) is 18.9 Å². The first-order valence-corrected chi connectivity index (χ1v) is 7.27. The van der Waals surface area contributed by atoms with Crippen LogP contribution in [-0.2, 0) is 11.3 Å². The zero-order chi connectivity index (χ0) is 15.9. The lowest BCUT2D eigenvalue weighted by Gasteiger charge is -2.15. The zero-order valence-corrected chi connectivity index (χ0v) is 12.8. The van der Waals surface area contributed by atoms with Crippen molar-refractivity contribution in [2.45, 2.75) is 45.8 Å². The van der Waals surface area contributed by atoms with Gasteiger partial charge in [-0.25, -0.2) is 0 Å². The number of pyridine rings is 1. The van der Waals surface area contributed by atoms with Crippen LogP contribution in [0.15, 0.2) is 12.1 Å². The number of ether oxygens (including phenoxy) is 1. The van der Waals surface area contributed by atoms with E-state index in [1.54, 1.807) is 0 Å². The third kappa shape index (κ3) is 6.01. The number of rotatable bonds is 4. The molecule has 0 aliphatic carbocycles. The fourth-order valence-corrected chi connectivity index (χ4v) is 2.24. The summed E-state index contributed by atoms with van der Waals surface area (Å²) in [6.07, 6.45) is -3.29. The van der Waals surface area contributed by atoms with Crippen LogP contribution in [0.25, 0.3) is 0 Å². The largest absolute Gasteiger partial charge is 0.401 e. The van der Waals surface area contributed by atoms with Crippen LogP contribution in [0.2, 0.25) is 0 Å². The Morgan fingerprint density at radius 1 is 1.33 bits per heavy atom. The molecule has 1 atom stereocenters. The quantitative estimate of drug-likeness (QED) is 0.923. The van der Waals surface area contributed by atoms with E-state index >= 15 is 0 Å². The van der Waals surface area contributed by atoms with Gasteiger partial charge in [0.2, 0.25) is 0 Å². The maximum atomic E-state index is 12.1. The summed E-state index contributed by atoms with van der Waals surface area (Å²) in [5.74, 6) is 0.246. The van der Waals surface area contributed by atoms with Crippen LogP contribution in [0.5, 0.6) is 0 Å². The van der Waals surface area contributed by atoms with Gasteiger partial charge in [-0.15, -0.1) is 0 Å². The fourth-order valence-electron chi connectivity index (χ4n) is 2.24. The minimum atomic E-state index is -4.19. The topological polar surface area (TPSA) is 34.1 Å². The molecule has 2 heterocycles. The molecule has 0 saturated carbocycles. The highest BCUT2D eigenvalue weighted by atomic mass is 19.4. The number of hydrogen-bond donors (Lipinski definition) is 1. The smallest absolute Gasteiger partial charge is 0.381 e. The van der Waals surface area contributed by atoms with Gasteiger partial charge in [-0.05, 0) is 25.0 Å². The number of hydrogen-bond acceptors (Lipinski definition) is 3. The minimum absolute atomic E-state index is 0.132. The Labute approximate surface area is 123 Å². The van der Waals surface area contributed by atoms with E-state index in [1.807, 2.05) is 32.9 Å². The van der Waals surface area contributed by atoms with Crippen LogP contribution in [0, 0.1) is 6.92 Å². The van der Waals surface area contributed by atoms with Crippen LogP contribution in [-0.4, -0.2) is 30.9 Å². The summed E-state index contributed by atoms with van der Waals surface area (Å²) in [7, 11) is 0. The molecule has 21 heavy (non-hydrogen) atoms. The molecule has 1 aliphatic rings. The van der Waals surface area contributed by atoms with Gasteiger partial charge in [0.05, 0.1) is 18.8 Å². The maximum Gasteiger partial charge on any atom is 0.401 e. The summed E-state index contributed by atoms with van der Waals surface area (Å²) >= 11 is 0. The standard InChI is InChI=1S/C13H17F3N2O.C2H6/c1-9-2-3-11(10-4-5-19-7-10)12(18-9)6-17-8-13(14,15)16;1-2/h2-3,10,17H,4-8H2,1H3;1-2H3. The van der Waals surface area contributed by atoms with E-state index in [0.717, 1.165) is 17.7 Å². The molecule has 1 aromatic rings. The number of halogens is 3. The maximum absolute atomic E-state index is 12.1. The summed E-state index contributed by atoms with van der Waals surface area (Å²) in [4.78, 5) is 4.35. The number of nitrogens with zero attached hydrogens (tertiary/aromatic N) is 1. The van der Waals surface area contributed by atoms with Gasteiger partial charge in [-0.2, -0.15) is 13.2 Å². The first-order valence-electron chi connectivity index (χ1n) is 7.27. The van der Waals surface area contributed by atoms with Gasteiger partial charge in [0.1, 0.15) is 0 Å². The van der Waals surface area contributed by atoms with Gasteiger partial charge in [0, 0.05) is 24.8 Å². The molecule has 1 saturated heterocycles. The van der Waals surface area contributed by atoms with E-state index in [9.17, 15) is 13.2 Å². The molecular weight excluding hydrogens is 281 g/mol. The molecule has 0 amide bonds. The second-order valence-corrected chi connectivity index (χ2v) is 4.77. The molecule has 2 rings (SSSR count). The van der Waals surface area contributed by atoms with Gasteiger partial charge in [-0.3, -0.25) is 4.98 Å². The second-order valence-electron chi connectivity index (χ2n) is 4.77. The molecule has 0 aromatic carbocycles. The first-order chi connectivity index (χ1) is 9.96. The molecule has 1 aliphatic heterocycles. The van der Waals surface area contributed by atoms with Gasteiger partial charge in [0.15, 0.2) is 0 Å². The van der Waals surface area contributed by atoms with Gasteiger partial charge in [0.25, 0.3) is 0 Å². The summed E-state index contributed by atoms with van der Waals surface area (Å²) in [5.41, 5.74) is 2.50. The lowest BCUT2D eigenvalue weighted by Crippen LogP contribution is -2.29. The lowest BCUT2D eigenvalue weighted by atomic mass is 9.96. The molecule has 120 valence electrons. The molecular formula is C15H23F3N2O. The van der Waals surface area contributed by atoms with Gasteiger partial charge < -0.3 is 10.1 Å². The summed E-state index contributed by atoms with van der Waals surface area (Å²) in [6, 6.07) is 3.84. The number of aryl methyl sites for hydroxylation is 1. The van der Waals surface area contributed by atoms with E-state index in [1.165, 1.54) is 0 Å². The van der Waals surface area contributed by atoms with Crippen LogP contribution in [0.3, 0.4) is 0 Å².